The van der Waals surface area contributed by atoms with E-state index >= 15 is 0 Å². The van der Waals surface area contributed by atoms with E-state index in [1.54, 1.807) is 19.2 Å². The second-order valence-corrected chi connectivity index (χ2v) is 6.37. The van der Waals surface area contributed by atoms with Crippen LogP contribution in [0.1, 0.15) is 27.0 Å². The molecule has 3 rings (SSSR count). The average Bonchev–Trinajstić information content (AvgIpc) is 2.73. The molecule has 0 aromatic heterocycles. The Morgan fingerprint density at radius 1 is 0.857 bits per heavy atom. The van der Waals surface area contributed by atoms with Crippen molar-refractivity contribution >= 4 is 5.97 Å². The Morgan fingerprint density at radius 3 is 2.21 bits per heavy atom. The molecule has 0 fully saturated rings. The first-order valence-corrected chi connectivity index (χ1v) is 9.02. The topological polar surface area (TPSA) is 67.8 Å². The summed E-state index contributed by atoms with van der Waals surface area (Å²) in [5, 5.41) is 12.3. The van der Waals surface area contributed by atoms with Gasteiger partial charge in [0.1, 0.15) is 6.61 Å². The zero-order valence-electron chi connectivity index (χ0n) is 15.7. The third-order valence-corrected chi connectivity index (χ3v) is 4.32. The van der Waals surface area contributed by atoms with E-state index in [9.17, 15) is 4.79 Å². The number of carboxylic acids is 1. The predicted molar refractivity (Wildman–Crippen MR) is 108 cm³/mol. The summed E-state index contributed by atoms with van der Waals surface area (Å²) in [6.07, 6.45) is 0. The molecule has 0 bridgehead atoms. The van der Waals surface area contributed by atoms with E-state index < -0.39 is 5.97 Å². The Morgan fingerprint density at radius 2 is 1.54 bits per heavy atom. The lowest BCUT2D eigenvalue weighted by atomic mass is 10.1. The van der Waals surface area contributed by atoms with Gasteiger partial charge in [0.25, 0.3) is 0 Å². The quantitative estimate of drug-likeness (QED) is 0.583. The van der Waals surface area contributed by atoms with Crippen LogP contribution in [-0.4, -0.2) is 18.2 Å². The molecule has 3 aromatic rings. The van der Waals surface area contributed by atoms with Gasteiger partial charge < -0.3 is 19.9 Å². The Bertz CT molecular complexity index is 908. The minimum Gasteiger partial charge on any atom is -0.493 e. The van der Waals surface area contributed by atoms with Gasteiger partial charge in [-0.05, 0) is 41.0 Å². The zero-order valence-corrected chi connectivity index (χ0v) is 15.7. The number of carbonyl (C=O) groups is 1. The van der Waals surface area contributed by atoms with Gasteiger partial charge in [-0.15, -0.1) is 0 Å². The summed E-state index contributed by atoms with van der Waals surface area (Å²) in [7, 11) is 1.63. The molecule has 0 amide bonds. The normalized spacial score (nSPS) is 10.5. The van der Waals surface area contributed by atoms with Crippen LogP contribution in [0.4, 0.5) is 0 Å². The third kappa shape index (κ3) is 5.34. The van der Waals surface area contributed by atoms with Crippen LogP contribution >= 0.6 is 0 Å². The number of hydrogen-bond donors (Lipinski definition) is 2. The lowest BCUT2D eigenvalue weighted by molar-refractivity contribution is 0.0697. The van der Waals surface area contributed by atoms with E-state index in [2.05, 4.69) is 5.32 Å². The van der Waals surface area contributed by atoms with Crippen molar-refractivity contribution < 1.29 is 19.4 Å². The molecular weight excluding hydrogens is 354 g/mol. The fraction of sp³-hybridized carbons (Fsp3) is 0.174. The van der Waals surface area contributed by atoms with Gasteiger partial charge in [0.05, 0.1) is 12.7 Å². The summed E-state index contributed by atoms with van der Waals surface area (Å²) >= 11 is 0. The number of rotatable bonds is 9. The van der Waals surface area contributed by atoms with E-state index in [1.807, 2.05) is 60.7 Å². The monoisotopic (exact) mass is 377 g/mol. The largest absolute Gasteiger partial charge is 0.493 e. The maximum Gasteiger partial charge on any atom is 0.335 e. The maximum absolute atomic E-state index is 10.9. The highest BCUT2D eigenvalue weighted by atomic mass is 16.5. The standard InChI is InChI=1S/C23H23NO4/c1-27-22-13-19(9-12-21(22)28-16-18-5-3-2-4-6-18)15-24-14-17-7-10-20(11-8-17)23(25)26/h2-13,24H,14-16H2,1H3,(H,25,26). The van der Waals surface area contributed by atoms with Crippen molar-refractivity contribution in [2.24, 2.45) is 0 Å². The van der Waals surface area contributed by atoms with Crippen LogP contribution in [0.2, 0.25) is 0 Å². The van der Waals surface area contributed by atoms with Gasteiger partial charge in [0.2, 0.25) is 0 Å². The molecule has 0 aliphatic heterocycles. The molecule has 0 atom stereocenters. The molecule has 0 saturated heterocycles. The Hall–Kier alpha value is -3.31. The smallest absolute Gasteiger partial charge is 0.335 e. The second kappa shape index (κ2) is 9.58. The zero-order chi connectivity index (χ0) is 19.8. The fourth-order valence-corrected chi connectivity index (χ4v) is 2.79. The highest BCUT2D eigenvalue weighted by Gasteiger charge is 2.07. The predicted octanol–water partition coefficient (Wildman–Crippen LogP) is 4.26. The molecule has 0 radical (unpaired) electrons. The van der Waals surface area contributed by atoms with Crippen molar-refractivity contribution in [1.82, 2.24) is 5.32 Å². The summed E-state index contributed by atoms with van der Waals surface area (Å²) in [5.74, 6) is 0.488. The number of carboxylic acid groups (broad SMARTS) is 1. The summed E-state index contributed by atoms with van der Waals surface area (Å²) < 4.78 is 11.3. The molecule has 2 N–H and O–H groups in total. The minimum atomic E-state index is -0.916. The molecule has 3 aromatic carbocycles. The first-order chi connectivity index (χ1) is 13.7. The lowest BCUT2D eigenvalue weighted by Crippen LogP contribution is -2.13. The van der Waals surface area contributed by atoms with Crippen molar-refractivity contribution in [2.75, 3.05) is 7.11 Å². The van der Waals surface area contributed by atoms with Crippen molar-refractivity contribution in [3.8, 4) is 11.5 Å². The fourth-order valence-electron chi connectivity index (χ4n) is 2.79. The van der Waals surface area contributed by atoms with E-state index in [-0.39, 0.29) is 0 Å². The molecule has 0 aliphatic rings. The maximum atomic E-state index is 10.9. The number of methoxy groups -OCH3 is 1. The number of benzene rings is 3. The first kappa shape index (κ1) is 19.5. The minimum absolute atomic E-state index is 0.291. The van der Waals surface area contributed by atoms with Crippen LogP contribution in [0.3, 0.4) is 0 Å². The lowest BCUT2D eigenvalue weighted by Gasteiger charge is -2.13. The molecule has 0 unspecified atom stereocenters. The van der Waals surface area contributed by atoms with E-state index in [0.717, 1.165) is 16.7 Å². The van der Waals surface area contributed by atoms with E-state index in [0.29, 0.717) is 36.8 Å². The molecule has 28 heavy (non-hydrogen) atoms. The van der Waals surface area contributed by atoms with Crippen molar-refractivity contribution in [2.45, 2.75) is 19.7 Å². The Labute approximate surface area is 164 Å². The van der Waals surface area contributed by atoms with Crippen LogP contribution in [0.15, 0.2) is 72.8 Å². The van der Waals surface area contributed by atoms with Crippen molar-refractivity contribution in [3.63, 3.8) is 0 Å². The van der Waals surface area contributed by atoms with Crippen LogP contribution in [0.25, 0.3) is 0 Å². The van der Waals surface area contributed by atoms with Crippen LogP contribution in [0.5, 0.6) is 11.5 Å². The summed E-state index contributed by atoms with van der Waals surface area (Å²) in [6.45, 7) is 1.80. The van der Waals surface area contributed by atoms with Crippen LogP contribution < -0.4 is 14.8 Å². The van der Waals surface area contributed by atoms with Gasteiger partial charge in [0, 0.05) is 13.1 Å². The molecule has 5 nitrogen and oxygen atoms in total. The molecule has 0 spiro atoms. The molecule has 0 saturated carbocycles. The van der Waals surface area contributed by atoms with Gasteiger partial charge >= 0.3 is 5.97 Å². The molecule has 144 valence electrons. The SMILES string of the molecule is COc1cc(CNCc2ccc(C(=O)O)cc2)ccc1OCc1ccccc1. The first-order valence-electron chi connectivity index (χ1n) is 9.02. The van der Waals surface area contributed by atoms with Crippen LogP contribution in [0, 0.1) is 0 Å². The second-order valence-electron chi connectivity index (χ2n) is 6.37. The number of aromatic carboxylic acids is 1. The summed E-state index contributed by atoms with van der Waals surface area (Å²) in [5.41, 5.74) is 3.50. The molecule has 0 aliphatic carbocycles. The number of nitrogens with one attached hydrogen (secondary N) is 1. The summed E-state index contributed by atoms with van der Waals surface area (Å²) in [4.78, 5) is 10.9. The number of hydrogen-bond acceptors (Lipinski definition) is 4. The average molecular weight is 377 g/mol. The van der Waals surface area contributed by atoms with Crippen LogP contribution in [-0.2, 0) is 19.7 Å². The van der Waals surface area contributed by atoms with Gasteiger partial charge in [-0.25, -0.2) is 4.79 Å². The van der Waals surface area contributed by atoms with Gasteiger partial charge in [0.15, 0.2) is 11.5 Å². The van der Waals surface area contributed by atoms with Gasteiger partial charge in [-0.2, -0.15) is 0 Å². The van der Waals surface area contributed by atoms with E-state index in [1.165, 1.54) is 0 Å². The Kier molecular flexibility index (Phi) is 6.65. The van der Waals surface area contributed by atoms with Gasteiger partial charge in [-0.3, -0.25) is 0 Å². The Balaban J connectivity index is 1.55. The van der Waals surface area contributed by atoms with E-state index in [4.69, 9.17) is 14.6 Å². The molecular formula is C23H23NO4. The number of ether oxygens (including phenoxy) is 2. The summed E-state index contributed by atoms with van der Waals surface area (Å²) in [6, 6.07) is 22.7. The highest BCUT2D eigenvalue weighted by Crippen LogP contribution is 2.28. The molecule has 0 heterocycles. The molecule has 5 heteroatoms. The van der Waals surface area contributed by atoms with Crippen molar-refractivity contribution in [3.05, 3.63) is 95.1 Å². The van der Waals surface area contributed by atoms with Crippen molar-refractivity contribution in [1.29, 1.82) is 0 Å². The highest BCUT2D eigenvalue weighted by molar-refractivity contribution is 5.87. The van der Waals surface area contributed by atoms with Gasteiger partial charge in [-0.1, -0.05) is 48.5 Å². The third-order valence-electron chi connectivity index (χ3n) is 4.32.